The van der Waals surface area contributed by atoms with Crippen molar-refractivity contribution >= 4 is 28.4 Å². The molecule has 0 amide bonds. The summed E-state index contributed by atoms with van der Waals surface area (Å²) in [6.07, 6.45) is 3.83. The Morgan fingerprint density at radius 3 is 2.77 bits per heavy atom. The van der Waals surface area contributed by atoms with Crippen molar-refractivity contribution in [3.05, 3.63) is 28.5 Å². The van der Waals surface area contributed by atoms with E-state index in [1.54, 1.807) is 11.3 Å². The third-order valence-corrected chi connectivity index (χ3v) is 3.61. The van der Waals surface area contributed by atoms with E-state index >= 15 is 0 Å². The molecule has 0 aromatic carbocycles. The van der Waals surface area contributed by atoms with Gasteiger partial charge in [-0.2, -0.15) is 11.3 Å². The van der Waals surface area contributed by atoms with Crippen LogP contribution in [0.25, 0.3) is 6.08 Å². The Morgan fingerprint density at radius 1 is 1.62 bits per heavy atom. The van der Waals surface area contributed by atoms with Crippen LogP contribution in [0, 0.1) is 0 Å². The molecule has 72 valence electrons. The highest BCUT2D eigenvalue weighted by Gasteiger charge is 2.18. The van der Waals surface area contributed by atoms with E-state index in [2.05, 4.69) is 0 Å². The maximum absolute atomic E-state index is 11.1. The molecule has 1 atom stereocenters. The highest BCUT2D eigenvalue weighted by molar-refractivity contribution is 7.84. The van der Waals surface area contributed by atoms with Gasteiger partial charge in [0.1, 0.15) is 0 Å². The summed E-state index contributed by atoms with van der Waals surface area (Å²) in [4.78, 5) is 0. The second kappa shape index (κ2) is 4.17. The summed E-state index contributed by atoms with van der Waals surface area (Å²) in [5.41, 5.74) is 1.13. The Hall–Kier alpha value is -0.450. The SMILES string of the molecule is CC(C)(/C=C/c1ccsc1)S(N)=O. The van der Waals surface area contributed by atoms with Gasteiger partial charge in [0, 0.05) is 0 Å². The fourth-order valence-corrected chi connectivity index (χ4v) is 1.56. The largest absolute Gasteiger partial charge is 0.251 e. The summed E-state index contributed by atoms with van der Waals surface area (Å²) >= 11 is 1.64. The van der Waals surface area contributed by atoms with Crippen molar-refractivity contribution in [2.24, 2.45) is 5.14 Å². The summed E-state index contributed by atoms with van der Waals surface area (Å²) in [7, 11) is -1.32. The molecule has 2 nitrogen and oxygen atoms in total. The summed E-state index contributed by atoms with van der Waals surface area (Å²) < 4.78 is 10.6. The highest BCUT2D eigenvalue weighted by Crippen LogP contribution is 2.15. The first-order valence-corrected chi connectivity index (χ1v) is 6.06. The Bertz CT molecular complexity index is 314. The van der Waals surface area contributed by atoms with Crippen LogP contribution in [0.3, 0.4) is 0 Å². The van der Waals surface area contributed by atoms with Gasteiger partial charge in [0.15, 0.2) is 0 Å². The number of thiophene rings is 1. The third kappa shape index (κ3) is 3.06. The van der Waals surface area contributed by atoms with E-state index in [9.17, 15) is 4.21 Å². The molecule has 13 heavy (non-hydrogen) atoms. The van der Waals surface area contributed by atoms with Crippen LogP contribution >= 0.6 is 11.3 Å². The minimum absolute atomic E-state index is 0.456. The molecule has 0 bridgehead atoms. The van der Waals surface area contributed by atoms with Gasteiger partial charge >= 0.3 is 0 Å². The first kappa shape index (κ1) is 10.6. The molecule has 4 heteroatoms. The van der Waals surface area contributed by atoms with Gasteiger partial charge in [0.25, 0.3) is 0 Å². The van der Waals surface area contributed by atoms with Gasteiger partial charge in [-0.3, -0.25) is 5.14 Å². The molecular formula is C9H13NOS2. The predicted octanol–water partition coefficient (Wildman–Crippen LogP) is 2.16. The van der Waals surface area contributed by atoms with E-state index in [1.807, 2.05) is 42.8 Å². The van der Waals surface area contributed by atoms with E-state index in [1.165, 1.54) is 0 Å². The maximum atomic E-state index is 11.1. The number of hydrogen-bond donors (Lipinski definition) is 1. The van der Waals surface area contributed by atoms with E-state index in [0.717, 1.165) is 5.56 Å². The van der Waals surface area contributed by atoms with Gasteiger partial charge in [-0.15, -0.1) is 0 Å². The van der Waals surface area contributed by atoms with E-state index in [0.29, 0.717) is 0 Å². The van der Waals surface area contributed by atoms with Crippen molar-refractivity contribution < 1.29 is 4.21 Å². The van der Waals surface area contributed by atoms with Crippen molar-refractivity contribution in [3.63, 3.8) is 0 Å². The number of rotatable bonds is 3. The zero-order chi connectivity index (χ0) is 9.90. The zero-order valence-electron chi connectivity index (χ0n) is 7.69. The van der Waals surface area contributed by atoms with Crippen molar-refractivity contribution in [2.75, 3.05) is 0 Å². The van der Waals surface area contributed by atoms with Crippen LogP contribution < -0.4 is 5.14 Å². The van der Waals surface area contributed by atoms with Crippen LogP contribution in [0.2, 0.25) is 0 Å². The summed E-state index contributed by atoms with van der Waals surface area (Å²) in [5.74, 6) is 0. The smallest absolute Gasteiger partial charge is 0.0984 e. The molecule has 0 aliphatic carbocycles. The van der Waals surface area contributed by atoms with Gasteiger partial charge in [-0.1, -0.05) is 12.2 Å². The molecule has 1 unspecified atom stereocenters. The number of nitrogens with two attached hydrogens (primary N) is 1. The summed E-state index contributed by atoms with van der Waals surface area (Å²) in [6, 6.07) is 2.01. The van der Waals surface area contributed by atoms with Gasteiger partial charge in [0.05, 0.1) is 15.7 Å². The molecule has 1 rings (SSSR count). The molecule has 0 fully saturated rings. The molecule has 0 radical (unpaired) electrons. The average molecular weight is 215 g/mol. The highest BCUT2D eigenvalue weighted by atomic mass is 32.2. The Kier molecular flexibility index (Phi) is 3.41. The van der Waals surface area contributed by atoms with E-state index in [-0.39, 0.29) is 0 Å². The van der Waals surface area contributed by atoms with Crippen LogP contribution in [0.4, 0.5) is 0 Å². The monoisotopic (exact) mass is 215 g/mol. The van der Waals surface area contributed by atoms with Gasteiger partial charge < -0.3 is 0 Å². The van der Waals surface area contributed by atoms with E-state index in [4.69, 9.17) is 5.14 Å². The molecule has 1 heterocycles. The lowest BCUT2D eigenvalue weighted by molar-refractivity contribution is 0.665. The van der Waals surface area contributed by atoms with Crippen LogP contribution in [0.5, 0.6) is 0 Å². The molecule has 0 saturated heterocycles. The van der Waals surface area contributed by atoms with Gasteiger partial charge in [-0.25, -0.2) is 4.21 Å². The molecule has 1 aromatic rings. The fourth-order valence-electron chi connectivity index (χ4n) is 0.734. The quantitative estimate of drug-likeness (QED) is 0.825. The topological polar surface area (TPSA) is 43.1 Å². The molecule has 0 aliphatic heterocycles. The lowest BCUT2D eigenvalue weighted by atomic mass is 10.1. The van der Waals surface area contributed by atoms with Crippen LogP contribution in [0.1, 0.15) is 19.4 Å². The van der Waals surface area contributed by atoms with Gasteiger partial charge in [-0.05, 0) is 36.2 Å². The number of hydrogen-bond acceptors (Lipinski definition) is 2. The maximum Gasteiger partial charge on any atom is 0.0984 e. The summed E-state index contributed by atoms with van der Waals surface area (Å²) in [6.45, 7) is 3.71. The average Bonchev–Trinajstić information content (AvgIpc) is 2.52. The standard InChI is InChI=1S/C9H13NOS2/c1-9(2,13(10)11)5-3-8-4-6-12-7-8/h3-7H,10H2,1-2H3/b5-3+. The molecule has 2 N–H and O–H groups in total. The van der Waals surface area contributed by atoms with Crippen LogP contribution in [-0.4, -0.2) is 8.96 Å². The second-order valence-electron chi connectivity index (χ2n) is 3.29. The third-order valence-electron chi connectivity index (χ3n) is 1.74. The lowest BCUT2D eigenvalue weighted by Gasteiger charge is -2.15. The van der Waals surface area contributed by atoms with Crippen molar-refractivity contribution in [1.82, 2.24) is 0 Å². The zero-order valence-corrected chi connectivity index (χ0v) is 9.32. The molecule has 0 saturated carbocycles. The Morgan fingerprint density at radius 2 is 2.31 bits per heavy atom. The first-order chi connectivity index (χ1) is 6.02. The Labute approximate surface area is 85.1 Å². The van der Waals surface area contributed by atoms with Crippen molar-refractivity contribution in [3.8, 4) is 0 Å². The minimum atomic E-state index is -1.32. The molecule has 0 spiro atoms. The molecular weight excluding hydrogens is 202 g/mol. The van der Waals surface area contributed by atoms with E-state index < -0.39 is 15.7 Å². The van der Waals surface area contributed by atoms with Crippen LogP contribution in [0.15, 0.2) is 22.9 Å². The summed E-state index contributed by atoms with van der Waals surface area (Å²) in [5, 5.41) is 9.37. The first-order valence-electron chi connectivity index (χ1n) is 3.90. The van der Waals surface area contributed by atoms with Crippen molar-refractivity contribution in [2.45, 2.75) is 18.6 Å². The molecule has 0 aliphatic rings. The van der Waals surface area contributed by atoms with Gasteiger partial charge in [0.2, 0.25) is 0 Å². The molecule has 1 aromatic heterocycles. The predicted molar refractivity (Wildman–Crippen MR) is 59.8 cm³/mol. The van der Waals surface area contributed by atoms with Crippen LogP contribution in [-0.2, 0) is 11.0 Å². The Balaban J connectivity index is 2.73. The van der Waals surface area contributed by atoms with Crippen molar-refractivity contribution in [1.29, 1.82) is 0 Å². The lowest BCUT2D eigenvalue weighted by Crippen LogP contribution is -2.29. The normalized spacial score (nSPS) is 15.0. The second-order valence-corrected chi connectivity index (χ2v) is 5.72. The fraction of sp³-hybridized carbons (Fsp3) is 0.333. The minimum Gasteiger partial charge on any atom is -0.251 e.